The van der Waals surface area contributed by atoms with E-state index in [0.717, 1.165) is 33.2 Å². The Morgan fingerprint density at radius 2 is 1.88 bits per heavy atom. The van der Waals surface area contributed by atoms with Crippen LogP contribution in [0.3, 0.4) is 0 Å². The molecule has 0 atom stereocenters. The van der Waals surface area contributed by atoms with Crippen molar-refractivity contribution < 1.29 is 9.53 Å². The number of methoxy groups -OCH3 is 1. The van der Waals surface area contributed by atoms with Crippen molar-refractivity contribution in [2.75, 3.05) is 12.9 Å². The van der Waals surface area contributed by atoms with Crippen molar-refractivity contribution in [1.82, 2.24) is 20.2 Å². The largest absolute Gasteiger partial charge is 0.497 e. The molecule has 2 heterocycles. The number of thioether (sulfide) groups is 1. The molecular formula is C24H23N5O2S2. The van der Waals surface area contributed by atoms with Gasteiger partial charge in [-0.2, -0.15) is 5.10 Å². The average Bonchev–Trinajstić information content (AvgIpc) is 3.52. The van der Waals surface area contributed by atoms with E-state index in [1.165, 1.54) is 11.8 Å². The first-order chi connectivity index (χ1) is 16.0. The van der Waals surface area contributed by atoms with Crippen LogP contribution in [-0.4, -0.2) is 39.2 Å². The summed E-state index contributed by atoms with van der Waals surface area (Å²) in [6, 6.07) is 19.7. The lowest BCUT2D eigenvalue weighted by molar-refractivity contribution is -0.118. The zero-order valence-electron chi connectivity index (χ0n) is 18.5. The number of amides is 1. The molecule has 168 valence electrons. The van der Waals surface area contributed by atoms with E-state index in [1.807, 2.05) is 84.5 Å². The average molecular weight is 478 g/mol. The van der Waals surface area contributed by atoms with Crippen molar-refractivity contribution in [2.45, 2.75) is 19.0 Å². The summed E-state index contributed by atoms with van der Waals surface area (Å²) in [4.78, 5) is 13.4. The number of benzene rings is 2. The maximum Gasteiger partial charge on any atom is 0.250 e. The highest BCUT2D eigenvalue weighted by Crippen LogP contribution is 2.29. The second-order valence-corrected chi connectivity index (χ2v) is 9.09. The highest BCUT2D eigenvalue weighted by molar-refractivity contribution is 7.99. The van der Waals surface area contributed by atoms with Crippen LogP contribution in [0.2, 0.25) is 0 Å². The summed E-state index contributed by atoms with van der Waals surface area (Å²) in [6.45, 7) is 3.91. The third kappa shape index (κ3) is 5.50. The van der Waals surface area contributed by atoms with Crippen LogP contribution in [0, 0.1) is 6.92 Å². The van der Waals surface area contributed by atoms with Crippen molar-refractivity contribution in [3.05, 3.63) is 76.5 Å². The fourth-order valence-electron chi connectivity index (χ4n) is 3.07. The summed E-state index contributed by atoms with van der Waals surface area (Å²) in [5.41, 5.74) is 6.37. The number of hydrazone groups is 1. The van der Waals surface area contributed by atoms with Gasteiger partial charge in [0.1, 0.15) is 5.75 Å². The van der Waals surface area contributed by atoms with E-state index in [2.05, 4.69) is 20.7 Å². The predicted octanol–water partition coefficient (Wildman–Crippen LogP) is 4.95. The van der Waals surface area contributed by atoms with E-state index in [9.17, 15) is 4.79 Å². The molecule has 33 heavy (non-hydrogen) atoms. The molecule has 0 aliphatic carbocycles. The Morgan fingerprint density at radius 1 is 1.12 bits per heavy atom. The van der Waals surface area contributed by atoms with Crippen molar-refractivity contribution in [1.29, 1.82) is 0 Å². The summed E-state index contributed by atoms with van der Waals surface area (Å²) >= 11 is 2.89. The molecule has 2 aromatic heterocycles. The Kier molecular flexibility index (Phi) is 7.21. The molecule has 0 saturated heterocycles. The van der Waals surface area contributed by atoms with Crippen LogP contribution in [0.4, 0.5) is 0 Å². The standard InChI is InChI=1S/C24H23N5O2S2/c1-16-6-10-19(11-7-16)29-23(18-8-12-20(31-3)13-9-18)27-28-24(29)33-15-22(30)26-25-17(2)21-5-4-14-32-21/h4-14H,15H2,1-3H3,(H,26,30)/b25-17-. The number of ether oxygens (including phenoxy) is 1. The summed E-state index contributed by atoms with van der Waals surface area (Å²) in [7, 11) is 1.63. The van der Waals surface area contributed by atoms with Gasteiger partial charge in [0, 0.05) is 16.1 Å². The third-order valence-corrected chi connectivity index (χ3v) is 6.74. The highest BCUT2D eigenvalue weighted by atomic mass is 32.2. The number of rotatable bonds is 8. The van der Waals surface area contributed by atoms with Crippen LogP contribution in [0.15, 0.2) is 76.3 Å². The number of nitrogens with zero attached hydrogens (tertiary/aromatic N) is 4. The zero-order chi connectivity index (χ0) is 23.2. The Morgan fingerprint density at radius 3 is 2.55 bits per heavy atom. The summed E-state index contributed by atoms with van der Waals surface area (Å²) in [5, 5.41) is 15.6. The second-order valence-electron chi connectivity index (χ2n) is 7.20. The molecule has 4 rings (SSSR count). The fraction of sp³-hybridized carbons (Fsp3) is 0.167. The molecular weight excluding hydrogens is 454 g/mol. The lowest BCUT2D eigenvalue weighted by Crippen LogP contribution is -2.21. The van der Waals surface area contributed by atoms with E-state index in [1.54, 1.807) is 18.4 Å². The number of nitrogens with one attached hydrogen (secondary N) is 1. The maximum absolute atomic E-state index is 12.4. The molecule has 7 nitrogen and oxygen atoms in total. The molecule has 0 saturated carbocycles. The van der Waals surface area contributed by atoms with E-state index >= 15 is 0 Å². The molecule has 1 amide bonds. The van der Waals surface area contributed by atoms with Crippen LogP contribution in [0.25, 0.3) is 17.1 Å². The van der Waals surface area contributed by atoms with Crippen LogP contribution >= 0.6 is 23.1 Å². The Hall–Kier alpha value is -3.43. The fourth-order valence-corrected chi connectivity index (χ4v) is 4.49. The number of thiophene rings is 1. The molecule has 0 aliphatic heterocycles. The number of aromatic nitrogens is 3. The predicted molar refractivity (Wildman–Crippen MR) is 133 cm³/mol. The van der Waals surface area contributed by atoms with Gasteiger partial charge in [0.2, 0.25) is 0 Å². The first kappa shape index (κ1) is 22.8. The molecule has 4 aromatic rings. The first-order valence-corrected chi connectivity index (χ1v) is 12.1. The lowest BCUT2D eigenvalue weighted by Gasteiger charge is -2.11. The molecule has 0 bridgehead atoms. The van der Waals surface area contributed by atoms with Gasteiger partial charge in [-0.05, 0) is 61.7 Å². The van der Waals surface area contributed by atoms with E-state index in [4.69, 9.17) is 4.74 Å². The molecule has 2 aromatic carbocycles. The van der Waals surface area contributed by atoms with E-state index in [0.29, 0.717) is 11.0 Å². The van der Waals surface area contributed by atoms with Crippen molar-refractivity contribution in [3.8, 4) is 22.8 Å². The molecule has 1 N–H and O–H groups in total. The topological polar surface area (TPSA) is 81.4 Å². The minimum Gasteiger partial charge on any atom is -0.497 e. The molecule has 9 heteroatoms. The zero-order valence-corrected chi connectivity index (χ0v) is 20.1. The number of carbonyl (C=O) groups excluding carboxylic acids is 1. The summed E-state index contributed by atoms with van der Waals surface area (Å²) < 4.78 is 7.22. The van der Waals surface area contributed by atoms with Gasteiger partial charge in [-0.15, -0.1) is 21.5 Å². The normalized spacial score (nSPS) is 11.4. The quantitative estimate of drug-likeness (QED) is 0.221. The van der Waals surface area contributed by atoms with Gasteiger partial charge in [-0.25, -0.2) is 5.43 Å². The van der Waals surface area contributed by atoms with Crippen LogP contribution < -0.4 is 10.2 Å². The monoisotopic (exact) mass is 477 g/mol. The van der Waals surface area contributed by atoms with Gasteiger partial charge in [0.15, 0.2) is 11.0 Å². The van der Waals surface area contributed by atoms with Gasteiger partial charge in [-0.1, -0.05) is 35.5 Å². The van der Waals surface area contributed by atoms with Crippen molar-refractivity contribution in [3.63, 3.8) is 0 Å². The minimum atomic E-state index is -0.208. The smallest absolute Gasteiger partial charge is 0.250 e. The van der Waals surface area contributed by atoms with E-state index < -0.39 is 0 Å². The van der Waals surface area contributed by atoms with Crippen molar-refractivity contribution >= 4 is 34.7 Å². The third-order valence-electron chi connectivity index (χ3n) is 4.83. The highest BCUT2D eigenvalue weighted by Gasteiger charge is 2.17. The second kappa shape index (κ2) is 10.5. The maximum atomic E-state index is 12.4. The summed E-state index contributed by atoms with van der Waals surface area (Å²) in [5.74, 6) is 1.41. The van der Waals surface area contributed by atoms with Gasteiger partial charge in [0.05, 0.1) is 18.6 Å². The number of aryl methyl sites for hydroxylation is 1. The van der Waals surface area contributed by atoms with Gasteiger partial charge in [0.25, 0.3) is 5.91 Å². The molecule has 0 spiro atoms. The molecule has 0 unspecified atom stereocenters. The Bertz CT molecular complexity index is 1250. The van der Waals surface area contributed by atoms with Gasteiger partial charge >= 0.3 is 0 Å². The first-order valence-electron chi connectivity index (χ1n) is 10.2. The number of carbonyl (C=O) groups is 1. The number of hydrogen-bond acceptors (Lipinski definition) is 7. The van der Waals surface area contributed by atoms with Crippen LogP contribution in [0.5, 0.6) is 5.75 Å². The van der Waals surface area contributed by atoms with Gasteiger partial charge in [-0.3, -0.25) is 9.36 Å². The van der Waals surface area contributed by atoms with E-state index in [-0.39, 0.29) is 11.7 Å². The molecule has 0 fully saturated rings. The lowest BCUT2D eigenvalue weighted by atomic mass is 10.2. The molecule has 0 radical (unpaired) electrons. The SMILES string of the molecule is COc1ccc(-c2nnc(SCC(=O)N/N=C(/C)c3cccs3)n2-c2ccc(C)cc2)cc1. The van der Waals surface area contributed by atoms with Crippen molar-refractivity contribution in [2.24, 2.45) is 5.10 Å². The van der Waals surface area contributed by atoms with Crippen LogP contribution in [-0.2, 0) is 4.79 Å². The minimum absolute atomic E-state index is 0.161. The Labute approximate surface area is 200 Å². The number of hydrogen-bond donors (Lipinski definition) is 1. The van der Waals surface area contributed by atoms with Gasteiger partial charge < -0.3 is 4.74 Å². The summed E-state index contributed by atoms with van der Waals surface area (Å²) in [6.07, 6.45) is 0. The van der Waals surface area contributed by atoms with Crippen LogP contribution in [0.1, 0.15) is 17.4 Å². The Balaban J connectivity index is 1.56. The molecule has 0 aliphatic rings.